The molecule has 1 aliphatic heterocycles. The second-order valence-corrected chi connectivity index (χ2v) is 9.92. The monoisotopic (exact) mass is 473 g/mol. The largest absolute Gasteiger partial charge is 0.487 e. The van der Waals surface area contributed by atoms with Gasteiger partial charge in [0.25, 0.3) is 11.8 Å². The fourth-order valence-electron chi connectivity index (χ4n) is 5.54. The van der Waals surface area contributed by atoms with Crippen molar-refractivity contribution < 1.29 is 14.3 Å². The smallest absolute Gasteiger partial charge is 0.257 e. The number of carbonyl (C=O) groups is 2. The highest BCUT2D eigenvalue weighted by Gasteiger charge is 2.35. The van der Waals surface area contributed by atoms with Crippen LogP contribution in [0.1, 0.15) is 72.1 Å². The summed E-state index contributed by atoms with van der Waals surface area (Å²) in [7, 11) is 1.87. The van der Waals surface area contributed by atoms with E-state index < -0.39 is 0 Å². The molecule has 2 atom stereocenters. The van der Waals surface area contributed by atoms with Crippen molar-refractivity contribution in [2.75, 3.05) is 20.1 Å². The number of benzene rings is 2. The van der Waals surface area contributed by atoms with Crippen LogP contribution < -0.4 is 4.74 Å². The molecular weight excluding hydrogens is 438 g/mol. The molecule has 1 aromatic heterocycles. The number of para-hydroxylation sites is 1. The third-order valence-electron chi connectivity index (χ3n) is 7.52. The molecule has 2 aromatic carbocycles. The highest BCUT2D eigenvalue weighted by molar-refractivity contribution is 5.98. The van der Waals surface area contributed by atoms with Crippen LogP contribution in [0.2, 0.25) is 0 Å². The number of hydrogen-bond acceptors (Lipinski definition) is 3. The predicted octanol–water partition coefficient (Wildman–Crippen LogP) is 5.65. The van der Waals surface area contributed by atoms with Crippen molar-refractivity contribution in [1.82, 2.24) is 14.8 Å². The van der Waals surface area contributed by atoms with Gasteiger partial charge < -0.3 is 19.5 Å². The molecule has 0 bridgehead atoms. The van der Waals surface area contributed by atoms with Crippen molar-refractivity contribution in [3.8, 4) is 5.75 Å². The molecule has 184 valence electrons. The number of amides is 2. The maximum Gasteiger partial charge on any atom is 0.257 e. The number of hydrogen-bond donors (Lipinski definition) is 1. The average Bonchev–Trinajstić information content (AvgIpc) is 3.36. The van der Waals surface area contributed by atoms with Crippen LogP contribution in [-0.4, -0.2) is 58.9 Å². The van der Waals surface area contributed by atoms with E-state index in [9.17, 15) is 9.59 Å². The van der Waals surface area contributed by atoms with E-state index in [1.165, 1.54) is 0 Å². The van der Waals surface area contributed by atoms with E-state index in [0.29, 0.717) is 16.9 Å². The molecule has 1 N–H and O–H groups in total. The van der Waals surface area contributed by atoms with E-state index >= 15 is 0 Å². The van der Waals surface area contributed by atoms with Gasteiger partial charge >= 0.3 is 0 Å². The molecule has 35 heavy (non-hydrogen) atoms. The fourth-order valence-corrected chi connectivity index (χ4v) is 5.54. The molecule has 6 nitrogen and oxygen atoms in total. The van der Waals surface area contributed by atoms with Gasteiger partial charge in [0.15, 0.2) is 0 Å². The molecule has 0 spiro atoms. The first-order valence-electron chi connectivity index (χ1n) is 13.0. The molecule has 3 aromatic rings. The first kappa shape index (κ1) is 23.5. The first-order chi connectivity index (χ1) is 17.1. The van der Waals surface area contributed by atoms with Gasteiger partial charge in [0.05, 0.1) is 11.6 Å². The first-order valence-corrected chi connectivity index (χ1v) is 13.0. The fraction of sp³-hybridized carbons (Fsp3) is 0.448. The average molecular weight is 474 g/mol. The third kappa shape index (κ3) is 5.07. The Kier molecular flexibility index (Phi) is 7.07. The standard InChI is InChI=1S/C29H35N3O3/c1-31-18-8-2-3-9-19-32(28(33)22-15-14-21-16-17-30-24(21)20-22)25-11-5-7-13-27(25)35-26-12-6-4-10-23(26)29(31)34/h4,6,10,12,14-17,20,25,27,30H,2-3,5,7-9,11,13,18-19H2,1H3/t25-,27+/m1/s1. The number of H-pyrrole nitrogens is 1. The number of nitrogens with one attached hydrogen (secondary N) is 1. The lowest BCUT2D eigenvalue weighted by Crippen LogP contribution is -2.51. The van der Waals surface area contributed by atoms with E-state index in [-0.39, 0.29) is 24.0 Å². The van der Waals surface area contributed by atoms with Gasteiger partial charge in [-0.1, -0.05) is 37.5 Å². The van der Waals surface area contributed by atoms with Crippen LogP contribution >= 0.6 is 0 Å². The molecule has 2 aliphatic rings. The van der Waals surface area contributed by atoms with Crippen LogP contribution in [0.5, 0.6) is 5.75 Å². The molecule has 6 heteroatoms. The second kappa shape index (κ2) is 10.5. The number of ether oxygens (including phenoxy) is 1. The minimum Gasteiger partial charge on any atom is -0.487 e. The van der Waals surface area contributed by atoms with Gasteiger partial charge in [-0.25, -0.2) is 0 Å². The number of rotatable bonds is 1. The zero-order chi connectivity index (χ0) is 24.2. The topological polar surface area (TPSA) is 65.6 Å². The van der Waals surface area contributed by atoms with Gasteiger partial charge in [-0.15, -0.1) is 0 Å². The summed E-state index contributed by atoms with van der Waals surface area (Å²) in [5.74, 6) is 0.689. The second-order valence-electron chi connectivity index (χ2n) is 9.92. The van der Waals surface area contributed by atoms with Crippen molar-refractivity contribution in [1.29, 1.82) is 0 Å². The highest BCUT2D eigenvalue weighted by Crippen LogP contribution is 2.31. The Labute approximate surface area is 207 Å². The van der Waals surface area contributed by atoms with E-state index in [1.54, 1.807) is 4.90 Å². The quantitative estimate of drug-likeness (QED) is 0.497. The lowest BCUT2D eigenvalue weighted by Gasteiger charge is -2.40. The van der Waals surface area contributed by atoms with E-state index in [0.717, 1.165) is 75.4 Å². The van der Waals surface area contributed by atoms with E-state index in [2.05, 4.69) is 9.88 Å². The van der Waals surface area contributed by atoms with Gasteiger partial charge in [-0.2, -0.15) is 0 Å². The Hall–Kier alpha value is -3.28. The van der Waals surface area contributed by atoms with Crippen molar-refractivity contribution in [3.05, 3.63) is 65.9 Å². The molecule has 0 unspecified atom stereocenters. The minimum absolute atomic E-state index is 0.00259. The Balaban J connectivity index is 1.48. The Morgan fingerprint density at radius 3 is 2.63 bits per heavy atom. The van der Waals surface area contributed by atoms with Gasteiger partial charge in [0.2, 0.25) is 0 Å². The summed E-state index contributed by atoms with van der Waals surface area (Å²) < 4.78 is 6.59. The van der Waals surface area contributed by atoms with Crippen molar-refractivity contribution in [2.24, 2.45) is 0 Å². The van der Waals surface area contributed by atoms with Gasteiger partial charge in [0.1, 0.15) is 11.9 Å². The Bertz CT molecular complexity index is 1190. The van der Waals surface area contributed by atoms with Crippen LogP contribution in [0.25, 0.3) is 10.9 Å². The Morgan fingerprint density at radius 2 is 1.74 bits per heavy atom. The number of aromatic amines is 1. The molecule has 0 saturated heterocycles. The molecular formula is C29H35N3O3. The summed E-state index contributed by atoms with van der Waals surface area (Å²) >= 11 is 0. The normalized spacial score (nSPS) is 22.1. The number of carbonyl (C=O) groups excluding carboxylic acids is 2. The van der Waals surface area contributed by atoms with E-state index in [1.807, 2.05) is 61.8 Å². The minimum atomic E-state index is -0.135. The summed E-state index contributed by atoms with van der Waals surface area (Å²) in [6, 6.07) is 15.5. The van der Waals surface area contributed by atoms with Gasteiger partial charge in [0, 0.05) is 37.4 Å². The summed E-state index contributed by atoms with van der Waals surface area (Å²) in [4.78, 5) is 34.2. The summed E-state index contributed by atoms with van der Waals surface area (Å²) in [5.41, 5.74) is 2.29. The Morgan fingerprint density at radius 1 is 0.943 bits per heavy atom. The molecule has 1 saturated carbocycles. The SMILES string of the molecule is CN1CCCCCCN(C(=O)c2ccc3cc[nH]c3c2)[C@@H]2CCCC[C@@H]2Oc2ccccc2C1=O. The summed E-state index contributed by atoms with van der Waals surface area (Å²) in [6.07, 6.45) is 9.69. The molecule has 2 amide bonds. The number of nitrogens with zero attached hydrogens (tertiary/aromatic N) is 2. The molecule has 2 heterocycles. The molecule has 5 rings (SSSR count). The lowest BCUT2D eigenvalue weighted by atomic mass is 9.90. The van der Waals surface area contributed by atoms with Crippen molar-refractivity contribution in [3.63, 3.8) is 0 Å². The lowest BCUT2D eigenvalue weighted by molar-refractivity contribution is 0.0268. The molecule has 1 aliphatic carbocycles. The number of fused-ring (bicyclic) bond motifs is 3. The van der Waals surface area contributed by atoms with Crippen LogP contribution in [0.15, 0.2) is 54.7 Å². The van der Waals surface area contributed by atoms with Crippen molar-refractivity contribution in [2.45, 2.75) is 63.5 Å². The van der Waals surface area contributed by atoms with Crippen LogP contribution in [-0.2, 0) is 0 Å². The zero-order valence-corrected chi connectivity index (χ0v) is 20.5. The van der Waals surface area contributed by atoms with Gasteiger partial charge in [-0.05, 0) is 67.8 Å². The van der Waals surface area contributed by atoms with Crippen LogP contribution in [0.4, 0.5) is 0 Å². The maximum absolute atomic E-state index is 13.9. The number of aromatic nitrogens is 1. The van der Waals surface area contributed by atoms with E-state index in [4.69, 9.17) is 4.74 Å². The van der Waals surface area contributed by atoms with Crippen LogP contribution in [0, 0.1) is 0 Å². The van der Waals surface area contributed by atoms with Gasteiger partial charge in [-0.3, -0.25) is 9.59 Å². The highest BCUT2D eigenvalue weighted by atomic mass is 16.5. The van der Waals surface area contributed by atoms with Crippen molar-refractivity contribution >= 4 is 22.7 Å². The molecule has 0 radical (unpaired) electrons. The maximum atomic E-state index is 13.9. The van der Waals surface area contributed by atoms with Crippen LogP contribution in [0.3, 0.4) is 0 Å². The zero-order valence-electron chi connectivity index (χ0n) is 20.5. The summed E-state index contributed by atoms with van der Waals surface area (Å²) in [5, 5.41) is 1.10. The third-order valence-corrected chi connectivity index (χ3v) is 7.52. The predicted molar refractivity (Wildman–Crippen MR) is 138 cm³/mol. The summed E-state index contributed by atoms with van der Waals surface area (Å²) in [6.45, 7) is 1.45. The molecule has 1 fully saturated rings.